The highest BCUT2D eigenvalue weighted by Crippen LogP contribution is 2.25. The Morgan fingerprint density at radius 3 is 2.89 bits per heavy atom. The summed E-state index contributed by atoms with van der Waals surface area (Å²) in [5.41, 5.74) is 2.32. The van der Waals surface area contributed by atoms with Gasteiger partial charge in [-0.25, -0.2) is 4.79 Å². The van der Waals surface area contributed by atoms with Crippen LogP contribution in [-0.2, 0) is 22.6 Å². The second-order valence-corrected chi connectivity index (χ2v) is 6.88. The van der Waals surface area contributed by atoms with E-state index < -0.39 is 0 Å². The van der Waals surface area contributed by atoms with E-state index in [4.69, 9.17) is 14.2 Å². The van der Waals surface area contributed by atoms with Crippen molar-refractivity contribution in [3.05, 3.63) is 29.3 Å². The number of fused-ring (bicyclic) bond motifs is 1. The lowest BCUT2D eigenvalue weighted by Crippen LogP contribution is -2.41. The normalized spacial score (nSPS) is 17.7. The molecule has 1 aromatic rings. The molecule has 0 atom stereocenters. The standard InChI is InChI=1S/C20H31N3O4/c1-2-25-10-3-6-21-20(24)23-9-13-27-19-5-4-17(14-18(19)16-23)15-22-7-11-26-12-8-22/h4-5,14H,2-3,6-13,15-16H2,1H3,(H,21,24). The summed E-state index contributed by atoms with van der Waals surface area (Å²) in [6, 6.07) is 6.29. The number of nitrogens with zero attached hydrogens (tertiary/aromatic N) is 2. The van der Waals surface area contributed by atoms with Crippen molar-refractivity contribution in [2.75, 3.05) is 59.2 Å². The number of morpholine rings is 1. The molecule has 150 valence electrons. The molecule has 3 rings (SSSR count). The lowest BCUT2D eigenvalue weighted by Gasteiger charge is -2.27. The first kappa shape index (κ1) is 19.9. The molecule has 0 radical (unpaired) electrons. The minimum atomic E-state index is -0.0402. The maximum atomic E-state index is 12.5. The number of carbonyl (C=O) groups is 1. The van der Waals surface area contributed by atoms with E-state index in [1.165, 1.54) is 5.56 Å². The van der Waals surface area contributed by atoms with Gasteiger partial charge in [-0.1, -0.05) is 6.07 Å². The molecule has 0 saturated carbocycles. The molecule has 27 heavy (non-hydrogen) atoms. The van der Waals surface area contributed by atoms with Crippen molar-refractivity contribution >= 4 is 6.03 Å². The van der Waals surface area contributed by atoms with Crippen LogP contribution in [0.1, 0.15) is 24.5 Å². The number of hydrogen-bond donors (Lipinski definition) is 1. The molecule has 0 spiro atoms. The molecule has 2 amide bonds. The minimum Gasteiger partial charge on any atom is -0.491 e. The Bertz CT molecular complexity index is 605. The average Bonchev–Trinajstić information content (AvgIpc) is 2.90. The first-order chi connectivity index (χ1) is 13.3. The van der Waals surface area contributed by atoms with Crippen LogP contribution in [0.25, 0.3) is 0 Å². The van der Waals surface area contributed by atoms with Gasteiger partial charge in [-0.15, -0.1) is 0 Å². The van der Waals surface area contributed by atoms with Crippen molar-refractivity contribution in [3.8, 4) is 5.75 Å². The molecule has 1 saturated heterocycles. The van der Waals surface area contributed by atoms with Crippen LogP contribution in [0.4, 0.5) is 4.79 Å². The van der Waals surface area contributed by atoms with Crippen molar-refractivity contribution in [1.29, 1.82) is 0 Å². The molecule has 0 unspecified atom stereocenters. The molecule has 7 nitrogen and oxygen atoms in total. The zero-order chi connectivity index (χ0) is 18.9. The van der Waals surface area contributed by atoms with Gasteiger partial charge in [-0.05, 0) is 31.0 Å². The van der Waals surface area contributed by atoms with Crippen LogP contribution in [0.5, 0.6) is 5.75 Å². The smallest absolute Gasteiger partial charge is 0.317 e. The first-order valence-electron chi connectivity index (χ1n) is 9.91. The van der Waals surface area contributed by atoms with Gasteiger partial charge in [0.15, 0.2) is 0 Å². The maximum absolute atomic E-state index is 12.5. The fourth-order valence-electron chi connectivity index (χ4n) is 3.36. The quantitative estimate of drug-likeness (QED) is 0.735. The third-order valence-corrected chi connectivity index (χ3v) is 4.85. The molecule has 2 aliphatic rings. The van der Waals surface area contributed by atoms with Crippen molar-refractivity contribution in [2.24, 2.45) is 0 Å². The number of urea groups is 1. The van der Waals surface area contributed by atoms with E-state index in [1.54, 1.807) is 0 Å². The molecule has 0 aromatic heterocycles. The lowest BCUT2D eigenvalue weighted by molar-refractivity contribution is 0.0342. The number of amides is 2. The number of hydrogen-bond acceptors (Lipinski definition) is 5. The highest BCUT2D eigenvalue weighted by Gasteiger charge is 2.20. The topological polar surface area (TPSA) is 63.3 Å². The summed E-state index contributed by atoms with van der Waals surface area (Å²) in [4.78, 5) is 16.7. The fraction of sp³-hybridized carbons (Fsp3) is 0.650. The molecule has 0 aliphatic carbocycles. The largest absolute Gasteiger partial charge is 0.491 e. The molecule has 2 aliphatic heterocycles. The highest BCUT2D eigenvalue weighted by molar-refractivity contribution is 5.74. The third-order valence-electron chi connectivity index (χ3n) is 4.85. The molecule has 7 heteroatoms. The Hall–Kier alpha value is -1.83. The highest BCUT2D eigenvalue weighted by atomic mass is 16.5. The van der Waals surface area contributed by atoms with Crippen LogP contribution < -0.4 is 10.1 Å². The van der Waals surface area contributed by atoms with E-state index in [2.05, 4.69) is 22.3 Å². The molecule has 1 N–H and O–H groups in total. The van der Waals surface area contributed by atoms with Crippen molar-refractivity contribution in [1.82, 2.24) is 15.1 Å². The summed E-state index contributed by atoms with van der Waals surface area (Å²) in [6.07, 6.45) is 0.824. The second kappa shape index (κ2) is 10.5. The average molecular weight is 377 g/mol. The van der Waals surface area contributed by atoms with Crippen LogP contribution in [-0.4, -0.2) is 75.0 Å². The van der Waals surface area contributed by atoms with E-state index in [0.29, 0.717) is 39.5 Å². The summed E-state index contributed by atoms with van der Waals surface area (Å²) >= 11 is 0. The van der Waals surface area contributed by atoms with E-state index >= 15 is 0 Å². The van der Waals surface area contributed by atoms with Crippen molar-refractivity contribution in [2.45, 2.75) is 26.4 Å². The van der Waals surface area contributed by atoms with Crippen molar-refractivity contribution in [3.63, 3.8) is 0 Å². The zero-order valence-electron chi connectivity index (χ0n) is 16.2. The number of carbonyl (C=O) groups excluding carboxylic acids is 1. The Morgan fingerprint density at radius 2 is 2.07 bits per heavy atom. The monoisotopic (exact) mass is 377 g/mol. The number of nitrogens with one attached hydrogen (secondary N) is 1. The predicted octanol–water partition coefficient (Wildman–Crippen LogP) is 1.85. The molecular weight excluding hydrogens is 346 g/mol. The summed E-state index contributed by atoms with van der Waals surface area (Å²) in [5, 5.41) is 2.98. The minimum absolute atomic E-state index is 0.0402. The van der Waals surface area contributed by atoms with Gasteiger partial charge in [0.2, 0.25) is 0 Å². The fourth-order valence-corrected chi connectivity index (χ4v) is 3.36. The Labute approximate surface area is 161 Å². The molecule has 1 aromatic carbocycles. The predicted molar refractivity (Wildman–Crippen MR) is 103 cm³/mol. The zero-order valence-corrected chi connectivity index (χ0v) is 16.2. The van der Waals surface area contributed by atoms with E-state index in [1.807, 2.05) is 17.9 Å². The number of rotatable bonds is 7. The number of ether oxygens (including phenoxy) is 3. The number of benzene rings is 1. The van der Waals surface area contributed by atoms with Crippen LogP contribution in [0, 0.1) is 0 Å². The SMILES string of the molecule is CCOCCCNC(=O)N1CCOc2ccc(CN3CCOCC3)cc2C1. The van der Waals surface area contributed by atoms with Crippen LogP contribution in [0.15, 0.2) is 18.2 Å². The van der Waals surface area contributed by atoms with Gasteiger partial charge in [-0.3, -0.25) is 4.90 Å². The van der Waals surface area contributed by atoms with E-state index in [-0.39, 0.29) is 6.03 Å². The lowest BCUT2D eigenvalue weighted by atomic mass is 10.1. The van der Waals surface area contributed by atoms with Gasteiger partial charge >= 0.3 is 6.03 Å². The first-order valence-corrected chi connectivity index (χ1v) is 9.91. The Kier molecular flexibility index (Phi) is 7.74. The van der Waals surface area contributed by atoms with Crippen LogP contribution in [0.2, 0.25) is 0 Å². The van der Waals surface area contributed by atoms with Crippen LogP contribution in [0.3, 0.4) is 0 Å². The summed E-state index contributed by atoms with van der Waals surface area (Å²) < 4.78 is 16.6. The van der Waals surface area contributed by atoms with Gasteiger partial charge in [0.25, 0.3) is 0 Å². The molecular formula is C20H31N3O4. The summed E-state index contributed by atoms with van der Waals surface area (Å²) in [5.74, 6) is 0.882. The third kappa shape index (κ3) is 6.09. The molecule has 2 heterocycles. The maximum Gasteiger partial charge on any atom is 0.317 e. The van der Waals surface area contributed by atoms with Gasteiger partial charge in [-0.2, -0.15) is 0 Å². The summed E-state index contributed by atoms with van der Waals surface area (Å²) in [6.45, 7) is 10.1. The second-order valence-electron chi connectivity index (χ2n) is 6.88. The van der Waals surface area contributed by atoms with E-state index in [0.717, 1.165) is 50.6 Å². The Balaban J connectivity index is 1.56. The van der Waals surface area contributed by atoms with Gasteiger partial charge in [0, 0.05) is 45.0 Å². The van der Waals surface area contributed by atoms with Gasteiger partial charge in [0.05, 0.1) is 26.3 Å². The van der Waals surface area contributed by atoms with Gasteiger partial charge in [0.1, 0.15) is 12.4 Å². The van der Waals surface area contributed by atoms with Gasteiger partial charge < -0.3 is 24.4 Å². The molecule has 1 fully saturated rings. The van der Waals surface area contributed by atoms with E-state index in [9.17, 15) is 4.79 Å². The van der Waals surface area contributed by atoms with Crippen molar-refractivity contribution < 1.29 is 19.0 Å². The van der Waals surface area contributed by atoms with Crippen LogP contribution >= 0.6 is 0 Å². The molecule has 0 bridgehead atoms. The summed E-state index contributed by atoms with van der Waals surface area (Å²) in [7, 11) is 0. The Morgan fingerprint density at radius 1 is 1.22 bits per heavy atom.